The fourth-order valence-electron chi connectivity index (χ4n) is 2.11. The molecule has 0 atom stereocenters. The fourth-order valence-corrected chi connectivity index (χ4v) is 2.11. The Morgan fingerprint density at radius 2 is 1.48 bits per heavy atom. The van der Waals surface area contributed by atoms with Crippen LogP contribution < -0.4 is 20.3 Å². The number of benzene rings is 2. The number of aryl methyl sites for hydroxylation is 1. The minimum Gasteiger partial charge on any atom is -0.483 e. The van der Waals surface area contributed by atoms with Crippen LogP contribution in [0.25, 0.3) is 0 Å². The molecule has 0 saturated carbocycles. The Balaban J connectivity index is 1.76. The molecule has 2 aromatic rings. The van der Waals surface area contributed by atoms with Crippen molar-refractivity contribution in [2.45, 2.75) is 13.8 Å². The van der Waals surface area contributed by atoms with E-state index in [2.05, 4.69) is 10.9 Å². The third kappa shape index (κ3) is 5.70. The van der Waals surface area contributed by atoms with Gasteiger partial charge in [-0.3, -0.25) is 30.6 Å². The van der Waals surface area contributed by atoms with Crippen LogP contribution in [0.5, 0.6) is 11.5 Å². The Morgan fingerprint density at radius 3 is 2.11 bits per heavy atom. The number of nitrogens with one attached hydrogen (secondary N) is 2. The van der Waals surface area contributed by atoms with Crippen molar-refractivity contribution in [1.29, 1.82) is 0 Å². The number of amides is 2. The van der Waals surface area contributed by atoms with Gasteiger partial charge in [-0.15, -0.1) is 0 Å². The van der Waals surface area contributed by atoms with E-state index in [0.717, 1.165) is 11.1 Å². The second-order valence-electron chi connectivity index (χ2n) is 5.60. The van der Waals surface area contributed by atoms with Crippen LogP contribution in [0.4, 0.5) is 5.69 Å². The van der Waals surface area contributed by atoms with E-state index in [1.165, 1.54) is 18.2 Å². The maximum atomic E-state index is 11.8. The van der Waals surface area contributed by atoms with Crippen molar-refractivity contribution in [3.63, 3.8) is 0 Å². The fraction of sp³-hybridized carbons (Fsp3) is 0.222. The summed E-state index contributed by atoms with van der Waals surface area (Å²) in [6.45, 7) is 3.03. The molecule has 27 heavy (non-hydrogen) atoms. The molecule has 0 heterocycles. The van der Waals surface area contributed by atoms with Crippen LogP contribution in [0, 0.1) is 24.0 Å². The van der Waals surface area contributed by atoms with Gasteiger partial charge in [0.1, 0.15) is 5.75 Å². The first-order valence-electron chi connectivity index (χ1n) is 8.01. The van der Waals surface area contributed by atoms with Crippen LogP contribution in [0.1, 0.15) is 11.1 Å². The van der Waals surface area contributed by atoms with Gasteiger partial charge in [0.25, 0.3) is 11.8 Å². The van der Waals surface area contributed by atoms with Gasteiger partial charge in [-0.2, -0.15) is 0 Å². The molecule has 2 aromatic carbocycles. The Bertz CT molecular complexity index is 853. The van der Waals surface area contributed by atoms with E-state index in [9.17, 15) is 19.7 Å². The van der Waals surface area contributed by atoms with E-state index in [-0.39, 0.29) is 18.0 Å². The average molecular weight is 373 g/mol. The third-order valence-corrected chi connectivity index (χ3v) is 3.68. The third-order valence-electron chi connectivity index (χ3n) is 3.68. The molecular formula is C18H19N3O6. The minimum atomic E-state index is -0.673. The minimum absolute atomic E-state index is 0.0396. The lowest BCUT2D eigenvalue weighted by Gasteiger charge is -2.12. The number of carbonyl (C=O) groups excluding carboxylic acids is 2. The van der Waals surface area contributed by atoms with Crippen LogP contribution in [-0.2, 0) is 9.59 Å². The lowest BCUT2D eigenvalue weighted by atomic mass is 10.1. The number of hydrogen-bond acceptors (Lipinski definition) is 6. The highest BCUT2D eigenvalue weighted by Crippen LogP contribution is 2.25. The molecule has 9 nitrogen and oxygen atoms in total. The topological polar surface area (TPSA) is 120 Å². The number of hydrazine groups is 1. The largest absolute Gasteiger partial charge is 0.483 e. The number of rotatable bonds is 7. The van der Waals surface area contributed by atoms with Gasteiger partial charge in [-0.25, -0.2) is 0 Å². The standard InChI is InChI=1S/C18H19N3O6/c1-12-6-5-9-15(13(12)2)26-10-17(22)19-20-18(23)11-27-16-8-4-3-7-14(16)21(24)25/h3-9H,10-11H2,1-2H3,(H,19,22)(H,20,23). The summed E-state index contributed by atoms with van der Waals surface area (Å²) >= 11 is 0. The van der Waals surface area contributed by atoms with Gasteiger partial charge in [0.15, 0.2) is 19.0 Å². The van der Waals surface area contributed by atoms with E-state index < -0.39 is 23.3 Å². The number of nitrogens with zero attached hydrogens (tertiary/aromatic N) is 1. The van der Waals surface area contributed by atoms with Gasteiger partial charge in [0.2, 0.25) is 0 Å². The molecule has 0 bridgehead atoms. The molecule has 142 valence electrons. The zero-order valence-electron chi connectivity index (χ0n) is 14.9. The Morgan fingerprint density at radius 1 is 0.926 bits per heavy atom. The number of carbonyl (C=O) groups is 2. The van der Waals surface area contributed by atoms with Crippen molar-refractivity contribution in [3.8, 4) is 11.5 Å². The number of nitro groups is 1. The van der Waals surface area contributed by atoms with Gasteiger partial charge in [0, 0.05) is 6.07 Å². The van der Waals surface area contributed by atoms with Crippen LogP contribution in [0.3, 0.4) is 0 Å². The molecule has 0 aliphatic carbocycles. The number of ether oxygens (including phenoxy) is 2. The van der Waals surface area contributed by atoms with Crippen molar-refractivity contribution < 1.29 is 24.0 Å². The van der Waals surface area contributed by atoms with Crippen molar-refractivity contribution in [1.82, 2.24) is 10.9 Å². The quantitative estimate of drug-likeness (QED) is 0.564. The van der Waals surface area contributed by atoms with Crippen molar-refractivity contribution in [2.24, 2.45) is 0 Å². The Kier molecular flexibility index (Phi) is 6.70. The molecule has 2 amide bonds. The molecule has 0 aromatic heterocycles. The first-order chi connectivity index (χ1) is 12.9. The molecule has 0 aliphatic heterocycles. The highest BCUT2D eigenvalue weighted by molar-refractivity contribution is 5.83. The maximum absolute atomic E-state index is 11.8. The molecule has 0 aliphatic rings. The van der Waals surface area contributed by atoms with E-state index in [1.54, 1.807) is 12.1 Å². The SMILES string of the molecule is Cc1cccc(OCC(=O)NNC(=O)COc2ccccc2[N+](=O)[O-])c1C. The molecule has 2 rings (SSSR count). The number of hydrogen-bond donors (Lipinski definition) is 2. The van der Waals surface area contributed by atoms with Gasteiger partial charge < -0.3 is 9.47 Å². The monoisotopic (exact) mass is 373 g/mol. The summed E-state index contributed by atoms with van der Waals surface area (Å²) < 4.78 is 10.5. The summed E-state index contributed by atoms with van der Waals surface area (Å²) in [5, 5.41) is 10.9. The predicted octanol–water partition coefficient (Wildman–Crippen LogP) is 1.82. The first kappa shape index (κ1) is 19.7. The number of nitro benzene ring substituents is 1. The lowest BCUT2D eigenvalue weighted by molar-refractivity contribution is -0.385. The van der Waals surface area contributed by atoms with Crippen molar-refractivity contribution >= 4 is 17.5 Å². The van der Waals surface area contributed by atoms with Crippen LogP contribution in [0.15, 0.2) is 42.5 Å². The molecular weight excluding hydrogens is 354 g/mol. The lowest BCUT2D eigenvalue weighted by Crippen LogP contribution is -2.45. The van der Waals surface area contributed by atoms with Crippen molar-refractivity contribution in [3.05, 3.63) is 63.7 Å². The van der Waals surface area contributed by atoms with Gasteiger partial charge in [-0.05, 0) is 37.1 Å². The second-order valence-corrected chi connectivity index (χ2v) is 5.60. The zero-order chi connectivity index (χ0) is 19.8. The zero-order valence-corrected chi connectivity index (χ0v) is 14.9. The highest BCUT2D eigenvalue weighted by atomic mass is 16.6. The van der Waals surface area contributed by atoms with Gasteiger partial charge in [0.05, 0.1) is 4.92 Å². The molecule has 0 radical (unpaired) electrons. The van der Waals surface area contributed by atoms with Crippen molar-refractivity contribution in [2.75, 3.05) is 13.2 Å². The predicted molar refractivity (Wildman–Crippen MR) is 96.3 cm³/mol. The highest BCUT2D eigenvalue weighted by Gasteiger charge is 2.15. The Hall–Kier alpha value is -3.62. The van der Waals surface area contributed by atoms with Crippen LogP contribution >= 0.6 is 0 Å². The van der Waals surface area contributed by atoms with E-state index in [0.29, 0.717) is 5.75 Å². The molecule has 0 spiro atoms. The number of para-hydroxylation sites is 2. The summed E-state index contributed by atoms with van der Waals surface area (Å²) in [5.74, 6) is -0.693. The van der Waals surface area contributed by atoms with Crippen LogP contribution in [-0.4, -0.2) is 30.0 Å². The van der Waals surface area contributed by atoms with E-state index in [4.69, 9.17) is 9.47 Å². The summed E-state index contributed by atoms with van der Waals surface area (Å²) in [6.07, 6.45) is 0. The average Bonchev–Trinajstić information content (AvgIpc) is 2.66. The molecule has 0 saturated heterocycles. The first-order valence-corrected chi connectivity index (χ1v) is 8.01. The molecule has 9 heteroatoms. The smallest absolute Gasteiger partial charge is 0.310 e. The van der Waals surface area contributed by atoms with E-state index >= 15 is 0 Å². The van der Waals surface area contributed by atoms with Crippen LogP contribution in [0.2, 0.25) is 0 Å². The summed E-state index contributed by atoms with van der Waals surface area (Å²) in [5.41, 5.74) is 6.04. The van der Waals surface area contributed by atoms with E-state index in [1.807, 2.05) is 26.0 Å². The summed E-state index contributed by atoms with van der Waals surface area (Å²) in [4.78, 5) is 33.7. The molecule has 2 N–H and O–H groups in total. The molecule has 0 unspecified atom stereocenters. The molecule has 0 fully saturated rings. The summed E-state index contributed by atoms with van der Waals surface area (Å²) in [6, 6.07) is 11.2. The second kappa shape index (κ2) is 9.18. The summed E-state index contributed by atoms with van der Waals surface area (Å²) in [7, 11) is 0. The maximum Gasteiger partial charge on any atom is 0.310 e. The Labute approximate surface area is 155 Å². The van der Waals surface area contributed by atoms with Gasteiger partial charge >= 0.3 is 5.69 Å². The van der Waals surface area contributed by atoms with Gasteiger partial charge in [-0.1, -0.05) is 24.3 Å². The normalized spacial score (nSPS) is 10.0.